The molecular weight excluding hydrogens is 517 g/mol. The molecule has 3 aliphatic rings. The van der Waals surface area contributed by atoms with E-state index < -0.39 is 65.5 Å². The smallest absolute Gasteiger partial charge is 0.356 e. The van der Waals surface area contributed by atoms with Gasteiger partial charge in [0, 0.05) is 19.6 Å². The number of rotatable bonds is 8. The fraction of sp³-hybridized carbons (Fsp3) is 0.792. The molecule has 0 aromatic rings. The topological polar surface area (TPSA) is 116 Å². The number of nitrogens with one attached hydrogen (secondary N) is 2. The highest BCUT2D eigenvalue weighted by molar-refractivity contribution is 6.27. The monoisotopic (exact) mass is 550 g/mol. The Balaban J connectivity index is 1.85. The van der Waals surface area contributed by atoms with Crippen molar-refractivity contribution in [3.8, 4) is 0 Å². The van der Waals surface area contributed by atoms with Crippen molar-refractivity contribution < 1.29 is 37.1 Å². The quantitative estimate of drug-likeness (QED) is 0.443. The van der Waals surface area contributed by atoms with Gasteiger partial charge in [0.05, 0.1) is 18.5 Å². The Hall–Kier alpha value is -2.37. The summed E-state index contributed by atoms with van der Waals surface area (Å²) in [6.45, 7) is 8.68. The van der Waals surface area contributed by atoms with Gasteiger partial charge in [0.15, 0.2) is 5.78 Å². The Bertz CT molecular complexity index is 980. The van der Waals surface area contributed by atoms with E-state index in [1.54, 1.807) is 0 Å². The van der Waals surface area contributed by atoms with E-state index in [0.717, 1.165) is 0 Å². The van der Waals surface area contributed by atoms with E-state index in [2.05, 4.69) is 5.32 Å². The second-order valence-corrected chi connectivity index (χ2v) is 12.1. The zero-order chi connectivity index (χ0) is 28.1. The summed E-state index contributed by atoms with van der Waals surface area (Å²) in [5.74, 6) is -5.43. The van der Waals surface area contributed by atoms with Crippen LogP contribution < -0.4 is 10.6 Å². The first-order valence-corrected chi connectivity index (χ1v) is 12.8. The van der Waals surface area contributed by atoms with Crippen LogP contribution in [0, 0.1) is 28.6 Å². The van der Waals surface area contributed by atoms with Crippen LogP contribution in [0.15, 0.2) is 0 Å². The second kappa shape index (κ2) is 10.1. The van der Waals surface area contributed by atoms with Gasteiger partial charge in [0.25, 0.3) is 0 Å². The van der Waals surface area contributed by atoms with Crippen LogP contribution >= 0.6 is 11.6 Å². The summed E-state index contributed by atoms with van der Waals surface area (Å²) in [7, 11) is 0. The minimum Gasteiger partial charge on any atom is -0.356 e. The van der Waals surface area contributed by atoms with Crippen LogP contribution in [-0.2, 0) is 24.0 Å². The van der Waals surface area contributed by atoms with Gasteiger partial charge < -0.3 is 20.4 Å². The van der Waals surface area contributed by atoms with Crippen molar-refractivity contribution in [2.24, 2.45) is 28.6 Å². The molecule has 1 saturated carbocycles. The molecule has 0 aromatic carbocycles. The predicted molar refractivity (Wildman–Crippen MR) is 127 cm³/mol. The molecule has 2 N–H and O–H groups in total. The highest BCUT2D eigenvalue weighted by atomic mass is 35.5. The van der Waals surface area contributed by atoms with Crippen LogP contribution in [0.1, 0.15) is 41.0 Å². The number of piperidine rings is 1. The molecular formula is C24H34ClF3N4O5. The molecule has 3 fully saturated rings. The van der Waals surface area contributed by atoms with Crippen LogP contribution in [0.25, 0.3) is 0 Å². The average Bonchev–Trinajstić information content (AvgIpc) is 3.14. The third-order valence-corrected chi connectivity index (χ3v) is 8.11. The molecule has 0 unspecified atom stereocenters. The third-order valence-electron chi connectivity index (χ3n) is 7.88. The van der Waals surface area contributed by atoms with Gasteiger partial charge in [-0.3, -0.25) is 24.0 Å². The zero-order valence-electron chi connectivity index (χ0n) is 21.6. The Morgan fingerprint density at radius 2 is 1.84 bits per heavy atom. The Morgan fingerprint density at radius 1 is 1.22 bits per heavy atom. The van der Waals surface area contributed by atoms with Crippen molar-refractivity contribution in [1.82, 2.24) is 20.4 Å². The summed E-state index contributed by atoms with van der Waals surface area (Å²) in [5, 5.41) is 4.49. The van der Waals surface area contributed by atoms with E-state index in [4.69, 9.17) is 11.6 Å². The maximum Gasteiger partial charge on any atom is 0.471 e. The van der Waals surface area contributed by atoms with E-state index in [-0.39, 0.29) is 36.2 Å². The number of carbonyl (C=O) groups excluding carboxylic acids is 5. The molecule has 37 heavy (non-hydrogen) atoms. The van der Waals surface area contributed by atoms with E-state index in [1.165, 1.54) is 30.6 Å². The van der Waals surface area contributed by atoms with Gasteiger partial charge in [-0.05, 0) is 29.1 Å². The Kier molecular flexibility index (Phi) is 7.94. The van der Waals surface area contributed by atoms with Gasteiger partial charge in [-0.15, -0.1) is 11.6 Å². The third kappa shape index (κ3) is 5.88. The molecule has 2 saturated heterocycles. The largest absolute Gasteiger partial charge is 0.471 e. The highest BCUT2D eigenvalue weighted by Crippen LogP contribution is 2.65. The van der Waals surface area contributed by atoms with Crippen LogP contribution in [0.2, 0.25) is 0 Å². The number of nitrogens with zero attached hydrogens (tertiary/aromatic N) is 2. The molecule has 1 aliphatic carbocycles. The van der Waals surface area contributed by atoms with Crippen molar-refractivity contribution in [3.05, 3.63) is 0 Å². The molecule has 0 aromatic heterocycles. The number of hydrogen-bond donors (Lipinski definition) is 2. The number of ketones is 1. The normalized spacial score (nSPS) is 27.3. The minimum atomic E-state index is -5.18. The van der Waals surface area contributed by atoms with E-state index in [1.807, 2.05) is 19.2 Å². The first kappa shape index (κ1) is 29.2. The van der Waals surface area contributed by atoms with Gasteiger partial charge in [-0.2, -0.15) is 13.2 Å². The Morgan fingerprint density at radius 3 is 2.32 bits per heavy atom. The summed E-state index contributed by atoms with van der Waals surface area (Å²) in [6.07, 6.45) is -4.68. The summed E-state index contributed by atoms with van der Waals surface area (Å²) in [4.78, 5) is 65.9. The highest BCUT2D eigenvalue weighted by Gasteiger charge is 2.69. The van der Waals surface area contributed by atoms with Crippen LogP contribution in [0.5, 0.6) is 0 Å². The maximum absolute atomic E-state index is 13.6. The number of hydrogen-bond acceptors (Lipinski definition) is 5. The molecule has 5 atom stereocenters. The van der Waals surface area contributed by atoms with Crippen molar-refractivity contribution in [1.29, 1.82) is 0 Å². The first-order chi connectivity index (χ1) is 16.9. The SMILES string of the molecule is CC(C)(C)[C@H](NC(=O)C(F)(F)F)C(=O)N1C[C@H]2[C@@H]([C@H]1C(=O)CN(C[C@@H]1CCNC1=O)C(=O)CCl)C2(C)C. The fourth-order valence-corrected chi connectivity index (χ4v) is 5.79. The molecule has 3 rings (SSSR count). The van der Waals surface area contributed by atoms with Crippen molar-refractivity contribution in [2.45, 2.75) is 59.3 Å². The van der Waals surface area contributed by atoms with Crippen LogP contribution in [0.4, 0.5) is 13.2 Å². The lowest BCUT2D eigenvalue weighted by Crippen LogP contribution is -2.60. The van der Waals surface area contributed by atoms with E-state index in [0.29, 0.717) is 13.0 Å². The molecule has 0 spiro atoms. The fourth-order valence-electron chi connectivity index (χ4n) is 5.62. The van der Waals surface area contributed by atoms with Gasteiger partial charge in [0.1, 0.15) is 11.9 Å². The molecule has 208 valence electrons. The molecule has 2 aliphatic heterocycles. The number of amides is 4. The number of fused-ring (bicyclic) bond motifs is 1. The molecule has 13 heteroatoms. The first-order valence-electron chi connectivity index (χ1n) is 12.2. The van der Waals surface area contributed by atoms with Gasteiger partial charge >= 0.3 is 12.1 Å². The summed E-state index contributed by atoms with van der Waals surface area (Å²) >= 11 is 5.75. The van der Waals surface area contributed by atoms with Crippen molar-refractivity contribution in [2.75, 3.05) is 32.1 Å². The number of Topliss-reactive ketones (excluding diaryl/α,β-unsaturated/α-hetero) is 1. The summed E-state index contributed by atoms with van der Waals surface area (Å²) in [6, 6.07) is -2.51. The Labute approximate surface area is 218 Å². The number of carbonyl (C=O) groups is 5. The molecule has 4 amide bonds. The van der Waals surface area contributed by atoms with E-state index in [9.17, 15) is 37.1 Å². The number of likely N-dealkylation sites (tertiary alicyclic amines) is 1. The molecule has 9 nitrogen and oxygen atoms in total. The van der Waals surface area contributed by atoms with Crippen LogP contribution in [0.3, 0.4) is 0 Å². The minimum absolute atomic E-state index is 0.00641. The van der Waals surface area contributed by atoms with Gasteiger partial charge in [-0.1, -0.05) is 34.6 Å². The van der Waals surface area contributed by atoms with Crippen molar-refractivity contribution in [3.63, 3.8) is 0 Å². The lowest BCUT2D eigenvalue weighted by molar-refractivity contribution is -0.176. The molecule has 0 bridgehead atoms. The van der Waals surface area contributed by atoms with Crippen LogP contribution in [-0.4, -0.2) is 89.5 Å². The van der Waals surface area contributed by atoms with Crippen molar-refractivity contribution >= 4 is 41.0 Å². The lowest BCUT2D eigenvalue weighted by Gasteiger charge is -2.38. The standard InChI is InChI=1S/C24H34ClF3N4O5/c1-22(2,3)18(30-21(37)24(26,27)28)20(36)32-10-13-16(23(13,4)5)17(32)14(33)11-31(15(34)8-25)9-12-6-7-29-19(12)35/h12-13,16-18H,6-11H2,1-5H3,(H,29,35)(H,30,37)/t12-,13-,16-,17+,18+/m0/s1. The van der Waals surface area contributed by atoms with Gasteiger partial charge in [0.2, 0.25) is 17.7 Å². The predicted octanol–water partition coefficient (Wildman–Crippen LogP) is 1.34. The number of alkyl halides is 4. The lowest BCUT2D eigenvalue weighted by atomic mass is 9.85. The zero-order valence-corrected chi connectivity index (χ0v) is 22.3. The summed E-state index contributed by atoms with van der Waals surface area (Å²) in [5.41, 5.74) is -1.36. The van der Waals surface area contributed by atoms with Gasteiger partial charge in [-0.25, -0.2) is 0 Å². The summed E-state index contributed by atoms with van der Waals surface area (Å²) < 4.78 is 39.0. The molecule has 2 heterocycles. The van der Waals surface area contributed by atoms with E-state index >= 15 is 0 Å². The second-order valence-electron chi connectivity index (χ2n) is 11.8. The molecule has 0 radical (unpaired) electrons. The average molecular weight is 551 g/mol. The number of halogens is 4. The maximum atomic E-state index is 13.6.